The fraction of sp³-hybridized carbons (Fsp3) is 0.500. The first-order valence-corrected chi connectivity index (χ1v) is 2.62. The van der Waals surface area contributed by atoms with E-state index in [4.69, 9.17) is 10.5 Å². The summed E-state index contributed by atoms with van der Waals surface area (Å²) in [5, 5.41) is 0. The average molecular weight is 143 g/mol. The minimum Gasteiger partial charge on any atom is -0.359 e. The van der Waals surface area contributed by atoms with Crippen molar-refractivity contribution in [2.75, 3.05) is 20.5 Å². The molecule has 0 bridgehead atoms. The van der Waals surface area contributed by atoms with E-state index < -0.39 is 5.91 Å². The Morgan fingerprint density at radius 1 is 1.70 bits per heavy atom. The summed E-state index contributed by atoms with van der Waals surface area (Å²) < 4.78 is 9.27. The fourth-order valence-electron chi connectivity index (χ4n) is 0.299. The van der Waals surface area contributed by atoms with Gasteiger partial charge < -0.3 is 15.2 Å². The van der Waals surface area contributed by atoms with Crippen molar-refractivity contribution in [3.63, 3.8) is 0 Å². The third-order valence-corrected chi connectivity index (χ3v) is 0.587. The van der Waals surface area contributed by atoms with Crippen molar-refractivity contribution in [3.8, 4) is 11.8 Å². The molecule has 0 fully saturated rings. The van der Waals surface area contributed by atoms with Crippen LogP contribution in [0.1, 0.15) is 0 Å². The molecule has 0 heterocycles. The molecule has 2 N–H and O–H groups in total. The second kappa shape index (κ2) is 6.08. The zero-order chi connectivity index (χ0) is 7.82. The summed E-state index contributed by atoms with van der Waals surface area (Å²) in [5.74, 6) is 3.85. The highest BCUT2D eigenvalue weighted by Crippen LogP contribution is 1.71. The quantitative estimate of drug-likeness (QED) is 0.316. The van der Waals surface area contributed by atoms with Crippen molar-refractivity contribution in [2.24, 2.45) is 5.73 Å². The molecule has 0 unspecified atom stereocenters. The Morgan fingerprint density at radius 3 is 2.90 bits per heavy atom. The topological polar surface area (TPSA) is 61.6 Å². The van der Waals surface area contributed by atoms with Crippen LogP contribution in [0.5, 0.6) is 0 Å². The van der Waals surface area contributed by atoms with E-state index in [2.05, 4.69) is 16.6 Å². The molecule has 4 nitrogen and oxygen atoms in total. The van der Waals surface area contributed by atoms with Gasteiger partial charge in [-0.2, -0.15) is 0 Å². The Kier molecular flexibility index (Phi) is 5.44. The number of nitrogens with two attached hydrogens (primary N) is 1. The number of hydrogen-bond acceptors (Lipinski definition) is 3. The molecule has 0 aromatic heterocycles. The highest BCUT2D eigenvalue weighted by molar-refractivity contribution is 5.91. The zero-order valence-electron chi connectivity index (χ0n) is 5.72. The van der Waals surface area contributed by atoms with Crippen molar-refractivity contribution < 1.29 is 14.3 Å². The second-order valence-electron chi connectivity index (χ2n) is 1.42. The summed E-state index contributed by atoms with van der Waals surface area (Å²) in [6, 6.07) is 0. The summed E-state index contributed by atoms with van der Waals surface area (Å²) in [4.78, 5) is 9.99. The molecule has 0 spiro atoms. The Hall–Kier alpha value is -1.05. The van der Waals surface area contributed by atoms with E-state index >= 15 is 0 Å². The van der Waals surface area contributed by atoms with Crippen LogP contribution in [0.2, 0.25) is 0 Å². The van der Waals surface area contributed by atoms with Gasteiger partial charge in [0.05, 0.1) is 0 Å². The van der Waals surface area contributed by atoms with Gasteiger partial charge >= 0.3 is 0 Å². The molecule has 56 valence electrons. The van der Waals surface area contributed by atoms with Crippen LogP contribution in [-0.4, -0.2) is 26.4 Å². The van der Waals surface area contributed by atoms with Crippen molar-refractivity contribution in [2.45, 2.75) is 0 Å². The third-order valence-electron chi connectivity index (χ3n) is 0.587. The molecule has 0 aromatic rings. The van der Waals surface area contributed by atoms with E-state index in [1.165, 1.54) is 7.11 Å². The number of carbonyl (C=O) groups is 1. The van der Waals surface area contributed by atoms with E-state index in [1.807, 2.05) is 0 Å². The number of amides is 1. The van der Waals surface area contributed by atoms with Crippen LogP contribution in [0.15, 0.2) is 0 Å². The normalized spacial score (nSPS) is 8.10. The van der Waals surface area contributed by atoms with E-state index in [0.29, 0.717) is 0 Å². The van der Waals surface area contributed by atoms with Crippen LogP contribution < -0.4 is 5.73 Å². The van der Waals surface area contributed by atoms with E-state index in [9.17, 15) is 4.79 Å². The molecule has 1 amide bonds. The maximum absolute atomic E-state index is 9.99. The van der Waals surface area contributed by atoms with Gasteiger partial charge in [0.1, 0.15) is 13.4 Å². The molecule has 0 radical (unpaired) electrons. The van der Waals surface area contributed by atoms with Gasteiger partial charge in [-0.25, -0.2) is 0 Å². The molecule has 0 atom stereocenters. The fourth-order valence-corrected chi connectivity index (χ4v) is 0.299. The zero-order valence-corrected chi connectivity index (χ0v) is 5.72. The minimum absolute atomic E-state index is 0.163. The molecule has 10 heavy (non-hydrogen) atoms. The maximum atomic E-state index is 9.99. The number of carbonyl (C=O) groups excluding carboxylic acids is 1. The van der Waals surface area contributed by atoms with Gasteiger partial charge in [0.2, 0.25) is 0 Å². The standard InChI is InChI=1S/C6H9NO3/c1-9-5-10-4-2-3-6(7)8/h4-5H2,1H3,(H2,7,8). The van der Waals surface area contributed by atoms with E-state index in [-0.39, 0.29) is 13.4 Å². The largest absolute Gasteiger partial charge is 0.359 e. The molecule has 0 saturated carbocycles. The molecule has 0 saturated heterocycles. The van der Waals surface area contributed by atoms with Crippen LogP contribution in [0.25, 0.3) is 0 Å². The summed E-state index contributed by atoms with van der Waals surface area (Å²) >= 11 is 0. The van der Waals surface area contributed by atoms with Crippen LogP contribution in [0.4, 0.5) is 0 Å². The van der Waals surface area contributed by atoms with E-state index in [0.717, 1.165) is 0 Å². The Morgan fingerprint density at radius 2 is 2.40 bits per heavy atom. The van der Waals surface area contributed by atoms with Gasteiger partial charge in [-0.15, -0.1) is 0 Å². The average Bonchev–Trinajstić information content (AvgIpc) is 1.87. The van der Waals surface area contributed by atoms with Crippen LogP contribution in [0, 0.1) is 11.8 Å². The molecular formula is C6H9NO3. The number of methoxy groups -OCH3 is 1. The monoisotopic (exact) mass is 143 g/mol. The molecule has 0 rings (SSSR count). The molecule has 4 heteroatoms. The minimum atomic E-state index is -0.652. The first-order valence-electron chi connectivity index (χ1n) is 2.62. The van der Waals surface area contributed by atoms with Gasteiger partial charge in [-0.3, -0.25) is 4.79 Å². The first kappa shape index (κ1) is 8.95. The van der Waals surface area contributed by atoms with Crippen molar-refractivity contribution >= 4 is 5.91 Å². The lowest BCUT2D eigenvalue weighted by atomic mass is 10.6. The molecule has 0 aromatic carbocycles. The summed E-state index contributed by atoms with van der Waals surface area (Å²) in [5.41, 5.74) is 4.71. The third kappa shape index (κ3) is 6.95. The molecular weight excluding hydrogens is 134 g/mol. The first-order chi connectivity index (χ1) is 4.77. The number of ether oxygens (including phenoxy) is 2. The Bertz CT molecular complexity index is 156. The van der Waals surface area contributed by atoms with Gasteiger partial charge in [-0.1, -0.05) is 5.92 Å². The Labute approximate surface area is 59.3 Å². The number of rotatable bonds is 3. The van der Waals surface area contributed by atoms with Gasteiger partial charge in [0.15, 0.2) is 0 Å². The summed E-state index contributed by atoms with van der Waals surface area (Å²) in [7, 11) is 1.50. The van der Waals surface area contributed by atoms with Crippen molar-refractivity contribution in [1.82, 2.24) is 0 Å². The number of primary amides is 1. The van der Waals surface area contributed by atoms with E-state index in [1.54, 1.807) is 0 Å². The van der Waals surface area contributed by atoms with Gasteiger partial charge in [0.25, 0.3) is 5.91 Å². The van der Waals surface area contributed by atoms with Crippen LogP contribution in [-0.2, 0) is 14.3 Å². The van der Waals surface area contributed by atoms with Crippen molar-refractivity contribution in [1.29, 1.82) is 0 Å². The van der Waals surface area contributed by atoms with Crippen molar-refractivity contribution in [3.05, 3.63) is 0 Å². The molecule has 0 aliphatic carbocycles. The lowest BCUT2D eigenvalue weighted by molar-refractivity contribution is -0.112. The highest BCUT2D eigenvalue weighted by atomic mass is 16.7. The lowest BCUT2D eigenvalue weighted by Crippen LogP contribution is -2.06. The van der Waals surface area contributed by atoms with Crippen LogP contribution in [0.3, 0.4) is 0 Å². The smallest absolute Gasteiger partial charge is 0.293 e. The van der Waals surface area contributed by atoms with Crippen LogP contribution >= 0.6 is 0 Å². The maximum Gasteiger partial charge on any atom is 0.293 e. The predicted octanol–water partition coefficient (Wildman–Crippen LogP) is -0.904. The van der Waals surface area contributed by atoms with Gasteiger partial charge in [-0.05, 0) is 5.92 Å². The second-order valence-corrected chi connectivity index (χ2v) is 1.42. The Balaban J connectivity index is 3.20. The predicted molar refractivity (Wildman–Crippen MR) is 34.8 cm³/mol. The lowest BCUT2D eigenvalue weighted by Gasteiger charge is -1.93. The summed E-state index contributed by atoms with van der Waals surface area (Å²) in [6.07, 6.45) is 0. The summed E-state index contributed by atoms with van der Waals surface area (Å²) in [6.45, 7) is 0.338. The SMILES string of the molecule is COCOCC#CC(N)=O. The molecule has 0 aliphatic rings. The highest BCUT2D eigenvalue weighted by Gasteiger charge is 1.80. The molecule has 0 aliphatic heterocycles. The van der Waals surface area contributed by atoms with Gasteiger partial charge in [0, 0.05) is 7.11 Å². The number of hydrogen-bond donors (Lipinski definition) is 1.